The number of rotatable bonds is 6. The Balaban J connectivity index is 1.58. The van der Waals surface area contributed by atoms with E-state index in [1.807, 2.05) is 0 Å². The first-order valence-corrected chi connectivity index (χ1v) is 7.75. The summed E-state index contributed by atoms with van der Waals surface area (Å²) < 4.78 is 4.63. The van der Waals surface area contributed by atoms with E-state index in [4.69, 9.17) is 0 Å². The average molecular weight is 264 g/mol. The zero-order valence-electron chi connectivity index (χ0n) is 12.7. The van der Waals surface area contributed by atoms with E-state index in [1.54, 1.807) is 0 Å². The molecule has 0 aromatic heterocycles. The molecule has 3 atom stereocenters. The van der Waals surface area contributed by atoms with Crippen LogP contribution in [0.2, 0.25) is 0 Å². The van der Waals surface area contributed by atoms with Crippen LogP contribution >= 0.6 is 0 Å². The van der Waals surface area contributed by atoms with Crippen LogP contribution in [0, 0.1) is 23.2 Å². The van der Waals surface area contributed by atoms with Gasteiger partial charge < -0.3 is 4.74 Å². The Kier molecular flexibility index (Phi) is 4.70. The van der Waals surface area contributed by atoms with Crippen LogP contribution in [-0.2, 0) is 9.53 Å². The third kappa shape index (κ3) is 3.40. The highest BCUT2D eigenvalue weighted by atomic mass is 16.5. The highest BCUT2D eigenvalue weighted by Gasteiger charge is 2.52. The first-order valence-electron chi connectivity index (χ1n) is 7.75. The van der Waals surface area contributed by atoms with E-state index in [0.29, 0.717) is 11.8 Å². The van der Waals surface area contributed by atoms with Crippen molar-refractivity contribution in [2.75, 3.05) is 7.11 Å². The molecular weight excluding hydrogens is 236 g/mol. The van der Waals surface area contributed by atoms with Crippen LogP contribution in [0.5, 0.6) is 0 Å². The van der Waals surface area contributed by atoms with Gasteiger partial charge in [0.05, 0.1) is 7.11 Å². The maximum absolute atomic E-state index is 10.9. The van der Waals surface area contributed by atoms with Gasteiger partial charge in [0.15, 0.2) is 0 Å². The van der Waals surface area contributed by atoms with Gasteiger partial charge in [-0.05, 0) is 61.7 Å². The molecule has 2 unspecified atom stereocenters. The quantitative estimate of drug-likeness (QED) is 0.405. The highest BCUT2D eigenvalue weighted by molar-refractivity contribution is 5.68. The molecular formula is C17H28O2. The van der Waals surface area contributed by atoms with E-state index in [9.17, 15) is 4.79 Å². The number of hydrogen-bond donors (Lipinski definition) is 0. The first kappa shape index (κ1) is 14.6. The number of fused-ring (bicyclic) bond motifs is 2. The first-order chi connectivity index (χ1) is 9.04. The van der Waals surface area contributed by atoms with Gasteiger partial charge in [-0.15, -0.1) is 0 Å². The number of hydrogen-bond acceptors (Lipinski definition) is 2. The molecule has 108 valence electrons. The van der Waals surface area contributed by atoms with Crippen LogP contribution < -0.4 is 0 Å². The van der Waals surface area contributed by atoms with Gasteiger partial charge in [-0.1, -0.05) is 26.0 Å². The zero-order chi connectivity index (χ0) is 13.9. The molecule has 3 rings (SSSR count). The molecule has 0 saturated heterocycles. The minimum atomic E-state index is -0.0944. The standard InChI is InChI=1S/C17H28O2/c1-17(2)14-10-13(11-15(17)12-14)8-6-4-5-7-9-16(18)19-3/h4,6,13-15H,5,7-12H2,1-3H3/b6-4-/t13?,14-,15?/m0/s1. The van der Waals surface area contributed by atoms with Crippen LogP contribution in [0.1, 0.15) is 58.8 Å². The molecule has 3 saturated carbocycles. The van der Waals surface area contributed by atoms with Crippen LogP contribution in [0.15, 0.2) is 12.2 Å². The van der Waals surface area contributed by atoms with Crippen LogP contribution in [-0.4, -0.2) is 13.1 Å². The summed E-state index contributed by atoms with van der Waals surface area (Å²) in [5.74, 6) is 2.77. The number of ether oxygens (including phenoxy) is 1. The molecule has 0 aromatic carbocycles. The second-order valence-electron chi connectivity index (χ2n) is 6.96. The second-order valence-corrected chi connectivity index (χ2v) is 6.96. The van der Waals surface area contributed by atoms with Crippen molar-refractivity contribution in [3.8, 4) is 0 Å². The van der Waals surface area contributed by atoms with Crippen molar-refractivity contribution in [1.82, 2.24) is 0 Å². The average Bonchev–Trinajstić information content (AvgIpc) is 2.42. The highest BCUT2D eigenvalue weighted by Crippen LogP contribution is 2.61. The maximum Gasteiger partial charge on any atom is 0.305 e. The summed E-state index contributed by atoms with van der Waals surface area (Å²) in [6.45, 7) is 4.90. The fourth-order valence-corrected chi connectivity index (χ4v) is 3.89. The minimum absolute atomic E-state index is 0.0944. The summed E-state index contributed by atoms with van der Waals surface area (Å²) in [6, 6.07) is 0. The summed E-state index contributed by atoms with van der Waals surface area (Å²) in [6.07, 6.45) is 12.6. The van der Waals surface area contributed by atoms with Gasteiger partial charge in [-0.25, -0.2) is 0 Å². The molecule has 3 fully saturated rings. The molecule has 3 aliphatic rings. The third-order valence-electron chi connectivity index (χ3n) is 5.52. The predicted octanol–water partition coefficient (Wildman–Crippen LogP) is 4.35. The normalized spacial score (nSPS) is 32.1. The van der Waals surface area contributed by atoms with Crippen molar-refractivity contribution in [2.45, 2.75) is 58.8 Å². The Bertz CT molecular complexity index is 329. The largest absolute Gasteiger partial charge is 0.469 e. The van der Waals surface area contributed by atoms with Crippen LogP contribution in [0.4, 0.5) is 0 Å². The number of methoxy groups -OCH3 is 1. The SMILES string of the molecule is COC(=O)CCC/C=C\CC1CC2C[C@H](C1)C2(C)C. The molecule has 0 N–H and O–H groups in total. The van der Waals surface area contributed by atoms with Crippen molar-refractivity contribution in [3.05, 3.63) is 12.2 Å². The summed E-state index contributed by atoms with van der Waals surface area (Å²) >= 11 is 0. The summed E-state index contributed by atoms with van der Waals surface area (Å²) in [5, 5.41) is 0. The van der Waals surface area contributed by atoms with E-state index in [2.05, 4.69) is 30.7 Å². The number of carbonyl (C=O) groups excluding carboxylic acids is 1. The lowest BCUT2D eigenvalue weighted by Gasteiger charge is -2.59. The molecule has 2 heteroatoms. The number of unbranched alkanes of at least 4 members (excludes halogenated alkanes) is 1. The fourth-order valence-electron chi connectivity index (χ4n) is 3.89. The van der Waals surface area contributed by atoms with Crippen LogP contribution in [0.3, 0.4) is 0 Å². The Morgan fingerprint density at radius 2 is 1.89 bits per heavy atom. The number of esters is 1. The molecule has 0 aliphatic heterocycles. The third-order valence-corrected chi connectivity index (χ3v) is 5.52. The van der Waals surface area contributed by atoms with Gasteiger partial charge in [-0.2, -0.15) is 0 Å². The zero-order valence-corrected chi connectivity index (χ0v) is 12.7. The molecule has 0 aromatic rings. The molecule has 2 nitrogen and oxygen atoms in total. The van der Waals surface area contributed by atoms with Crippen molar-refractivity contribution < 1.29 is 9.53 Å². The summed E-state index contributed by atoms with van der Waals surface area (Å²) in [7, 11) is 1.45. The molecule has 0 spiro atoms. The van der Waals surface area contributed by atoms with Gasteiger partial charge in [0, 0.05) is 6.42 Å². The maximum atomic E-state index is 10.9. The smallest absolute Gasteiger partial charge is 0.305 e. The molecule has 19 heavy (non-hydrogen) atoms. The van der Waals surface area contributed by atoms with Gasteiger partial charge in [-0.3, -0.25) is 4.79 Å². The molecule has 0 heterocycles. The van der Waals surface area contributed by atoms with Gasteiger partial charge >= 0.3 is 5.97 Å². The Morgan fingerprint density at radius 1 is 1.21 bits per heavy atom. The van der Waals surface area contributed by atoms with Crippen LogP contribution in [0.25, 0.3) is 0 Å². The summed E-state index contributed by atoms with van der Waals surface area (Å²) in [4.78, 5) is 10.9. The van der Waals surface area contributed by atoms with Crippen molar-refractivity contribution in [2.24, 2.45) is 23.2 Å². The van der Waals surface area contributed by atoms with Gasteiger partial charge in [0.25, 0.3) is 0 Å². The Hall–Kier alpha value is -0.790. The monoisotopic (exact) mass is 264 g/mol. The van der Waals surface area contributed by atoms with Crippen molar-refractivity contribution in [3.63, 3.8) is 0 Å². The Labute approximate surface area is 117 Å². The second kappa shape index (κ2) is 6.11. The lowest BCUT2D eigenvalue weighted by atomic mass is 9.46. The molecule has 0 amide bonds. The van der Waals surface area contributed by atoms with Crippen molar-refractivity contribution >= 4 is 5.97 Å². The van der Waals surface area contributed by atoms with Crippen molar-refractivity contribution in [1.29, 1.82) is 0 Å². The van der Waals surface area contributed by atoms with E-state index < -0.39 is 0 Å². The van der Waals surface area contributed by atoms with E-state index in [1.165, 1.54) is 32.8 Å². The minimum Gasteiger partial charge on any atom is -0.469 e. The molecule has 0 radical (unpaired) electrons. The fraction of sp³-hybridized carbons (Fsp3) is 0.824. The van der Waals surface area contributed by atoms with Gasteiger partial charge in [0.2, 0.25) is 0 Å². The lowest BCUT2D eigenvalue weighted by molar-refractivity contribution is -0.140. The van der Waals surface area contributed by atoms with Gasteiger partial charge in [0.1, 0.15) is 0 Å². The number of carbonyl (C=O) groups is 1. The number of allylic oxidation sites excluding steroid dienone is 2. The predicted molar refractivity (Wildman–Crippen MR) is 77.7 cm³/mol. The Morgan fingerprint density at radius 3 is 2.47 bits per heavy atom. The lowest BCUT2D eigenvalue weighted by Crippen LogP contribution is -2.50. The van der Waals surface area contributed by atoms with E-state index >= 15 is 0 Å². The van der Waals surface area contributed by atoms with E-state index in [-0.39, 0.29) is 5.97 Å². The molecule has 3 aliphatic carbocycles. The summed E-state index contributed by atoms with van der Waals surface area (Å²) in [5.41, 5.74) is 0.626. The van der Waals surface area contributed by atoms with E-state index in [0.717, 1.165) is 30.6 Å². The topological polar surface area (TPSA) is 26.3 Å². The molecule has 2 bridgehead atoms.